The molecule has 98 valence electrons. The van der Waals surface area contributed by atoms with Gasteiger partial charge >= 0.3 is 0 Å². The Morgan fingerprint density at radius 1 is 0.700 bits per heavy atom. The van der Waals surface area contributed by atoms with Gasteiger partial charge in [0.15, 0.2) is 0 Å². The van der Waals surface area contributed by atoms with Crippen LogP contribution < -0.4 is 0 Å². The Morgan fingerprint density at radius 3 is 2.05 bits per heavy atom. The number of hydrogen-bond donors (Lipinski definition) is 0. The fourth-order valence-electron chi connectivity index (χ4n) is 2.02. The van der Waals surface area contributed by atoms with Crippen molar-refractivity contribution in [3.05, 3.63) is 84.7 Å². The second-order valence-corrected chi connectivity index (χ2v) is 5.58. The van der Waals surface area contributed by atoms with Crippen LogP contribution in [0.1, 0.15) is 5.56 Å². The molecule has 0 aliphatic carbocycles. The lowest BCUT2D eigenvalue weighted by atomic mass is 10.1. The third-order valence-corrected chi connectivity index (χ3v) is 4.20. The molecule has 3 rings (SSSR count). The minimum atomic E-state index is 0.979. The average molecular weight is 277 g/mol. The number of rotatable bonds is 4. The van der Waals surface area contributed by atoms with Crippen molar-refractivity contribution in [1.29, 1.82) is 0 Å². The van der Waals surface area contributed by atoms with Crippen LogP contribution in [0.5, 0.6) is 0 Å². The van der Waals surface area contributed by atoms with Crippen molar-refractivity contribution in [1.82, 2.24) is 4.98 Å². The van der Waals surface area contributed by atoms with Gasteiger partial charge in [-0.3, -0.25) is 4.98 Å². The lowest BCUT2D eigenvalue weighted by molar-refractivity contribution is 1.27. The summed E-state index contributed by atoms with van der Waals surface area (Å²) < 4.78 is 0. The van der Waals surface area contributed by atoms with Crippen LogP contribution in [0.25, 0.3) is 11.1 Å². The van der Waals surface area contributed by atoms with E-state index in [-0.39, 0.29) is 0 Å². The van der Waals surface area contributed by atoms with Crippen LogP contribution in [-0.2, 0) is 5.75 Å². The molecule has 0 saturated heterocycles. The van der Waals surface area contributed by atoms with Gasteiger partial charge in [-0.15, -0.1) is 11.8 Å². The van der Waals surface area contributed by atoms with Crippen molar-refractivity contribution in [3.63, 3.8) is 0 Å². The van der Waals surface area contributed by atoms with Crippen LogP contribution in [0.2, 0.25) is 0 Å². The third-order valence-electron chi connectivity index (χ3n) is 3.12. The predicted octanol–water partition coefficient (Wildman–Crippen LogP) is 5.04. The summed E-state index contributed by atoms with van der Waals surface area (Å²) in [6.07, 6.45) is 3.68. The lowest BCUT2D eigenvalue weighted by Gasteiger charge is -2.04. The predicted molar refractivity (Wildman–Crippen MR) is 85.7 cm³/mol. The molecule has 2 aromatic carbocycles. The maximum absolute atomic E-state index is 4.04. The van der Waals surface area contributed by atoms with Crippen LogP contribution >= 0.6 is 11.8 Å². The zero-order chi connectivity index (χ0) is 13.6. The van der Waals surface area contributed by atoms with E-state index < -0.39 is 0 Å². The summed E-state index contributed by atoms with van der Waals surface area (Å²) in [5.74, 6) is 0.979. The molecule has 0 bridgehead atoms. The number of aromatic nitrogens is 1. The van der Waals surface area contributed by atoms with E-state index in [9.17, 15) is 0 Å². The maximum atomic E-state index is 4.04. The molecule has 0 aliphatic rings. The van der Waals surface area contributed by atoms with Gasteiger partial charge < -0.3 is 0 Å². The fourth-order valence-corrected chi connectivity index (χ4v) is 2.87. The summed E-state index contributed by atoms with van der Waals surface area (Å²) in [7, 11) is 0. The third kappa shape index (κ3) is 3.28. The Kier molecular flexibility index (Phi) is 4.14. The molecule has 0 spiro atoms. The van der Waals surface area contributed by atoms with E-state index >= 15 is 0 Å². The Bertz CT molecular complexity index is 648. The van der Waals surface area contributed by atoms with Gasteiger partial charge in [-0.1, -0.05) is 42.5 Å². The number of pyridine rings is 1. The maximum Gasteiger partial charge on any atom is 0.0270 e. The highest BCUT2D eigenvalue weighted by Gasteiger charge is 1.99. The number of hydrogen-bond acceptors (Lipinski definition) is 2. The molecular weight excluding hydrogens is 262 g/mol. The molecule has 1 nitrogen and oxygen atoms in total. The van der Waals surface area contributed by atoms with Gasteiger partial charge in [0.1, 0.15) is 0 Å². The molecule has 20 heavy (non-hydrogen) atoms. The number of nitrogens with zero attached hydrogens (tertiary/aromatic N) is 1. The van der Waals surface area contributed by atoms with Gasteiger partial charge in [0.05, 0.1) is 0 Å². The van der Waals surface area contributed by atoms with E-state index in [1.54, 1.807) is 0 Å². The van der Waals surface area contributed by atoms with Crippen molar-refractivity contribution < 1.29 is 0 Å². The highest BCUT2D eigenvalue weighted by Crippen LogP contribution is 2.26. The first-order valence-corrected chi connectivity index (χ1v) is 7.57. The minimum Gasteiger partial charge on any atom is -0.265 e. The number of benzene rings is 2. The Balaban J connectivity index is 1.68. The van der Waals surface area contributed by atoms with Gasteiger partial charge in [-0.05, 0) is 41.0 Å². The first-order valence-electron chi connectivity index (χ1n) is 6.59. The van der Waals surface area contributed by atoms with E-state index in [0.29, 0.717) is 0 Å². The Labute approximate surface area is 123 Å². The van der Waals surface area contributed by atoms with Gasteiger partial charge in [-0.25, -0.2) is 0 Å². The van der Waals surface area contributed by atoms with Crippen LogP contribution in [0, 0.1) is 0 Å². The molecule has 0 fully saturated rings. The summed E-state index contributed by atoms with van der Waals surface area (Å²) in [6.45, 7) is 0. The minimum absolute atomic E-state index is 0.979. The first-order chi connectivity index (χ1) is 9.92. The van der Waals surface area contributed by atoms with Crippen molar-refractivity contribution in [2.24, 2.45) is 0 Å². The SMILES string of the molecule is c1ccc(-c2ccc(SCc3ccncc3)cc2)cc1. The van der Waals surface area contributed by atoms with Gasteiger partial charge in [0.25, 0.3) is 0 Å². The molecule has 0 aliphatic heterocycles. The van der Waals surface area contributed by atoms with Crippen molar-refractivity contribution in [2.75, 3.05) is 0 Å². The molecule has 0 saturated carbocycles. The lowest BCUT2D eigenvalue weighted by Crippen LogP contribution is -1.81. The summed E-state index contributed by atoms with van der Waals surface area (Å²) in [6, 6.07) is 23.3. The van der Waals surface area contributed by atoms with E-state index in [1.807, 2.05) is 30.2 Å². The zero-order valence-electron chi connectivity index (χ0n) is 11.1. The van der Waals surface area contributed by atoms with E-state index in [2.05, 4.69) is 65.6 Å². The van der Waals surface area contributed by atoms with Crippen LogP contribution in [0.15, 0.2) is 84.0 Å². The second-order valence-electron chi connectivity index (χ2n) is 4.53. The largest absolute Gasteiger partial charge is 0.265 e. The first kappa shape index (κ1) is 12.9. The average Bonchev–Trinajstić information content (AvgIpc) is 2.55. The molecule has 0 N–H and O–H groups in total. The summed E-state index contributed by atoms with van der Waals surface area (Å²) in [5, 5.41) is 0. The van der Waals surface area contributed by atoms with Crippen LogP contribution in [0.4, 0.5) is 0 Å². The van der Waals surface area contributed by atoms with Crippen LogP contribution in [0.3, 0.4) is 0 Å². The summed E-state index contributed by atoms with van der Waals surface area (Å²) >= 11 is 1.85. The highest BCUT2D eigenvalue weighted by molar-refractivity contribution is 7.98. The number of thioether (sulfide) groups is 1. The molecule has 0 atom stereocenters. The van der Waals surface area contributed by atoms with Gasteiger partial charge in [0.2, 0.25) is 0 Å². The smallest absolute Gasteiger partial charge is 0.0270 e. The quantitative estimate of drug-likeness (QED) is 0.620. The molecule has 1 heterocycles. The van der Waals surface area contributed by atoms with Crippen molar-refractivity contribution >= 4 is 11.8 Å². The fraction of sp³-hybridized carbons (Fsp3) is 0.0556. The molecule has 0 unspecified atom stereocenters. The van der Waals surface area contributed by atoms with E-state index in [4.69, 9.17) is 0 Å². The monoisotopic (exact) mass is 277 g/mol. The van der Waals surface area contributed by atoms with Gasteiger partial charge in [-0.2, -0.15) is 0 Å². The standard InChI is InChI=1S/C18H15NS/c1-2-4-16(5-3-1)17-6-8-18(9-7-17)20-14-15-10-12-19-13-11-15/h1-13H,14H2. The molecule has 0 radical (unpaired) electrons. The zero-order valence-corrected chi connectivity index (χ0v) is 11.9. The van der Waals surface area contributed by atoms with E-state index in [0.717, 1.165) is 5.75 Å². The highest BCUT2D eigenvalue weighted by atomic mass is 32.2. The van der Waals surface area contributed by atoms with Gasteiger partial charge in [0, 0.05) is 23.0 Å². The molecule has 0 amide bonds. The molecule has 2 heteroatoms. The second kappa shape index (κ2) is 6.40. The summed E-state index contributed by atoms with van der Waals surface area (Å²) in [4.78, 5) is 5.33. The summed E-state index contributed by atoms with van der Waals surface area (Å²) in [5.41, 5.74) is 3.83. The molecular formula is C18H15NS. The van der Waals surface area contributed by atoms with Crippen LogP contribution in [-0.4, -0.2) is 4.98 Å². The Hall–Kier alpha value is -2.06. The van der Waals surface area contributed by atoms with E-state index in [1.165, 1.54) is 21.6 Å². The molecule has 3 aromatic rings. The van der Waals surface area contributed by atoms with Crippen molar-refractivity contribution in [2.45, 2.75) is 10.6 Å². The Morgan fingerprint density at radius 2 is 1.35 bits per heavy atom. The van der Waals surface area contributed by atoms with Crippen molar-refractivity contribution in [3.8, 4) is 11.1 Å². The normalized spacial score (nSPS) is 10.4. The molecule has 1 aromatic heterocycles. The topological polar surface area (TPSA) is 12.9 Å².